The Hall–Kier alpha value is -0.280. The summed E-state index contributed by atoms with van der Waals surface area (Å²) in [6, 6.07) is 0. The van der Waals surface area contributed by atoms with Gasteiger partial charge in [-0.3, -0.25) is 0 Å². The molecule has 2 nitrogen and oxygen atoms in total. The topological polar surface area (TPSA) is 25.8 Å². The van der Waals surface area contributed by atoms with E-state index in [9.17, 15) is 0 Å². The maximum Gasteiger partial charge on any atom is 0.161 e. The predicted molar refractivity (Wildman–Crippen MR) is 48.3 cm³/mol. The van der Waals surface area contributed by atoms with Crippen LogP contribution in [-0.2, 0) is 0 Å². The molecule has 0 bridgehead atoms. The number of aryl methyl sites for hydroxylation is 2. The van der Waals surface area contributed by atoms with Gasteiger partial charge < -0.3 is 0 Å². The standard InChI is InChI=1S/C7H9ClN2S/c1-4-5(2)10-7(11-3)6(8)9-4/h1-3H3. The van der Waals surface area contributed by atoms with Crippen LogP contribution in [0.5, 0.6) is 0 Å². The molecule has 1 aromatic rings. The van der Waals surface area contributed by atoms with Crippen LogP contribution < -0.4 is 0 Å². The lowest BCUT2D eigenvalue weighted by atomic mass is 10.4. The van der Waals surface area contributed by atoms with Crippen molar-refractivity contribution in [2.24, 2.45) is 0 Å². The highest BCUT2D eigenvalue weighted by Gasteiger charge is 2.04. The van der Waals surface area contributed by atoms with Crippen molar-refractivity contribution in [2.45, 2.75) is 18.9 Å². The van der Waals surface area contributed by atoms with Gasteiger partial charge in [0.15, 0.2) is 5.15 Å². The number of nitrogens with zero attached hydrogens (tertiary/aromatic N) is 2. The van der Waals surface area contributed by atoms with Crippen LogP contribution in [0.2, 0.25) is 5.15 Å². The van der Waals surface area contributed by atoms with Crippen molar-refractivity contribution in [3.8, 4) is 0 Å². The van der Waals surface area contributed by atoms with Crippen LogP contribution in [0.25, 0.3) is 0 Å². The van der Waals surface area contributed by atoms with Crippen molar-refractivity contribution in [1.82, 2.24) is 9.97 Å². The molecule has 0 radical (unpaired) electrons. The zero-order chi connectivity index (χ0) is 8.43. The minimum absolute atomic E-state index is 0.501. The number of aromatic nitrogens is 2. The van der Waals surface area contributed by atoms with Crippen LogP contribution in [0.3, 0.4) is 0 Å². The summed E-state index contributed by atoms with van der Waals surface area (Å²) in [5.74, 6) is 0. The summed E-state index contributed by atoms with van der Waals surface area (Å²) < 4.78 is 0. The van der Waals surface area contributed by atoms with E-state index in [1.165, 1.54) is 11.8 Å². The Bertz CT molecular complexity index is 275. The Balaban J connectivity index is 3.21. The average molecular weight is 189 g/mol. The largest absolute Gasteiger partial charge is 0.242 e. The molecule has 1 heterocycles. The molecule has 0 fully saturated rings. The van der Waals surface area contributed by atoms with Crippen molar-refractivity contribution in [2.75, 3.05) is 6.26 Å². The van der Waals surface area contributed by atoms with E-state index in [-0.39, 0.29) is 0 Å². The summed E-state index contributed by atoms with van der Waals surface area (Å²) >= 11 is 7.32. The third-order valence-electron chi connectivity index (χ3n) is 1.43. The lowest BCUT2D eigenvalue weighted by molar-refractivity contribution is 0.959. The number of rotatable bonds is 1. The smallest absolute Gasteiger partial charge is 0.161 e. The molecule has 4 heteroatoms. The van der Waals surface area contributed by atoms with E-state index >= 15 is 0 Å². The molecule has 0 spiro atoms. The van der Waals surface area contributed by atoms with Crippen molar-refractivity contribution >= 4 is 23.4 Å². The molecular weight excluding hydrogens is 180 g/mol. The first-order valence-electron chi connectivity index (χ1n) is 3.20. The SMILES string of the molecule is CSc1nc(C)c(C)nc1Cl. The molecule has 60 valence electrons. The summed E-state index contributed by atoms with van der Waals surface area (Å²) in [4.78, 5) is 8.39. The van der Waals surface area contributed by atoms with Gasteiger partial charge in [-0.15, -0.1) is 11.8 Å². The molecule has 1 rings (SSSR count). The highest BCUT2D eigenvalue weighted by atomic mass is 35.5. The van der Waals surface area contributed by atoms with Crippen molar-refractivity contribution in [3.05, 3.63) is 16.5 Å². The molecule has 1 aromatic heterocycles. The molecular formula is C7H9ClN2S. The fourth-order valence-electron chi connectivity index (χ4n) is 0.685. The van der Waals surface area contributed by atoms with Gasteiger partial charge in [-0.05, 0) is 20.1 Å². The van der Waals surface area contributed by atoms with Gasteiger partial charge in [0.05, 0.1) is 11.4 Å². The van der Waals surface area contributed by atoms with E-state index in [4.69, 9.17) is 11.6 Å². The van der Waals surface area contributed by atoms with Crippen LogP contribution in [0.1, 0.15) is 11.4 Å². The first-order valence-corrected chi connectivity index (χ1v) is 4.80. The van der Waals surface area contributed by atoms with Crippen LogP contribution in [0.15, 0.2) is 5.03 Å². The van der Waals surface area contributed by atoms with Gasteiger partial charge >= 0.3 is 0 Å². The number of hydrogen-bond acceptors (Lipinski definition) is 3. The van der Waals surface area contributed by atoms with E-state index in [1.54, 1.807) is 0 Å². The summed E-state index contributed by atoms with van der Waals surface area (Å²) in [5.41, 5.74) is 1.84. The average Bonchev–Trinajstić information content (AvgIpc) is 1.97. The van der Waals surface area contributed by atoms with E-state index in [1.807, 2.05) is 20.1 Å². The van der Waals surface area contributed by atoms with E-state index in [0.29, 0.717) is 5.15 Å². The first-order chi connectivity index (χ1) is 5.15. The summed E-state index contributed by atoms with van der Waals surface area (Å²) in [6.45, 7) is 3.83. The zero-order valence-corrected chi connectivity index (χ0v) is 8.25. The lowest BCUT2D eigenvalue weighted by Gasteiger charge is -2.02. The minimum atomic E-state index is 0.501. The van der Waals surface area contributed by atoms with Gasteiger partial charge in [0.25, 0.3) is 0 Å². The van der Waals surface area contributed by atoms with Crippen molar-refractivity contribution in [3.63, 3.8) is 0 Å². The molecule has 0 saturated heterocycles. The molecule has 0 aliphatic heterocycles. The van der Waals surface area contributed by atoms with Gasteiger partial charge in [0.1, 0.15) is 5.03 Å². The highest BCUT2D eigenvalue weighted by Crippen LogP contribution is 2.21. The van der Waals surface area contributed by atoms with Gasteiger partial charge in [-0.2, -0.15) is 0 Å². The maximum atomic E-state index is 5.81. The molecule has 0 aliphatic carbocycles. The van der Waals surface area contributed by atoms with Gasteiger partial charge in [0, 0.05) is 0 Å². The second-order valence-corrected chi connectivity index (χ2v) is 3.35. The Morgan fingerprint density at radius 3 is 2.27 bits per heavy atom. The van der Waals surface area contributed by atoms with Crippen LogP contribution >= 0.6 is 23.4 Å². The third-order valence-corrected chi connectivity index (χ3v) is 2.48. The Kier molecular flexibility index (Phi) is 2.73. The van der Waals surface area contributed by atoms with Crippen molar-refractivity contribution in [1.29, 1.82) is 0 Å². The molecule has 0 saturated carbocycles. The zero-order valence-electron chi connectivity index (χ0n) is 6.68. The van der Waals surface area contributed by atoms with E-state index in [0.717, 1.165) is 16.4 Å². The van der Waals surface area contributed by atoms with Gasteiger partial charge in [-0.1, -0.05) is 11.6 Å². The summed E-state index contributed by atoms with van der Waals surface area (Å²) in [5, 5.41) is 1.30. The molecule has 0 atom stereocenters. The van der Waals surface area contributed by atoms with Gasteiger partial charge in [-0.25, -0.2) is 9.97 Å². The molecule has 0 N–H and O–H groups in total. The molecule has 0 aliphatic rings. The van der Waals surface area contributed by atoms with E-state index < -0.39 is 0 Å². The highest BCUT2D eigenvalue weighted by molar-refractivity contribution is 7.98. The minimum Gasteiger partial charge on any atom is -0.242 e. The fourth-order valence-corrected chi connectivity index (χ4v) is 1.53. The fraction of sp³-hybridized carbons (Fsp3) is 0.429. The lowest BCUT2D eigenvalue weighted by Crippen LogP contribution is -1.94. The van der Waals surface area contributed by atoms with Crippen LogP contribution in [-0.4, -0.2) is 16.2 Å². The number of halogens is 1. The Labute approximate surface area is 75.4 Å². The van der Waals surface area contributed by atoms with Crippen LogP contribution in [0, 0.1) is 13.8 Å². The molecule has 0 aromatic carbocycles. The summed E-state index contributed by atoms with van der Waals surface area (Å²) in [7, 11) is 0. The third kappa shape index (κ3) is 1.84. The Morgan fingerprint density at radius 1 is 1.18 bits per heavy atom. The number of hydrogen-bond donors (Lipinski definition) is 0. The molecule has 0 amide bonds. The van der Waals surface area contributed by atoms with Crippen molar-refractivity contribution < 1.29 is 0 Å². The van der Waals surface area contributed by atoms with Crippen LogP contribution in [0.4, 0.5) is 0 Å². The Morgan fingerprint density at radius 2 is 1.73 bits per heavy atom. The second kappa shape index (κ2) is 3.41. The monoisotopic (exact) mass is 188 g/mol. The quantitative estimate of drug-likeness (QED) is 0.634. The maximum absolute atomic E-state index is 5.81. The van der Waals surface area contributed by atoms with E-state index in [2.05, 4.69) is 9.97 Å². The molecule has 0 unspecified atom stereocenters. The molecule has 11 heavy (non-hydrogen) atoms. The predicted octanol–water partition coefficient (Wildman–Crippen LogP) is 2.47. The van der Waals surface area contributed by atoms with Gasteiger partial charge in [0.2, 0.25) is 0 Å². The number of thioether (sulfide) groups is 1. The normalized spacial score (nSPS) is 10.2. The summed E-state index contributed by atoms with van der Waals surface area (Å²) in [6.07, 6.45) is 1.94. The second-order valence-electron chi connectivity index (χ2n) is 2.19. The first kappa shape index (κ1) is 8.81.